The van der Waals surface area contributed by atoms with E-state index < -0.39 is 0 Å². The summed E-state index contributed by atoms with van der Waals surface area (Å²) in [4.78, 5) is 0. The van der Waals surface area contributed by atoms with Gasteiger partial charge in [0.2, 0.25) is 0 Å². The van der Waals surface area contributed by atoms with E-state index in [2.05, 4.69) is 26.8 Å². The van der Waals surface area contributed by atoms with Gasteiger partial charge in [0.15, 0.2) is 0 Å². The molecule has 0 bridgehead atoms. The molecule has 1 nitrogen and oxygen atoms in total. The first-order valence-electron chi connectivity index (χ1n) is 3.66. The lowest BCUT2D eigenvalue weighted by Crippen LogP contribution is -2.23. The second kappa shape index (κ2) is 2.15. The van der Waals surface area contributed by atoms with Crippen molar-refractivity contribution in [3.8, 4) is 0 Å². The number of nitrogens with two attached hydrogens (primary N) is 1. The van der Waals surface area contributed by atoms with Crippen LogP contribution in [0.3, 0.4) is 0 Å². The van der Waals surface area contributed by atoms with Crippen LogP contribution in [0.5, 0.6) is 0 Å². The summed E-state index contributed by atoms with van der Waals surface area (Å²) < 4.78 is 0. The molecule has 0 aromatic carbocycles. The maximum atomic E-state index is 5.79. The molecule has 0 aromatic heterocycles. The van der Waals surface area contributed by atoms with Crippen LogP contribution in [0, 0.1) is 5.41 Å². The Labute approximate surface area is 62.6 Å². The normalized spacial score (nSPS) is 23.5. The Balaban J connectivity index is 2.89. The Morgan fingerprint density at radius 2 is 2.00 bits per heavy atom. The molecule has 1 aliphatic carbocycles. The molecule has 0 radical (unpaired) electrons. The monoisotopic (exact) mass is 137 g/mol. The van der Waals surface area contributed by atoms with E-state index in [9.17, 15) is 0 Å². The van der Waals surface area contributed by atoms with Gasteiger partial charge >= 0.3 is 0 Å². The molecule has 0 heterocycles. The fourth-order valence-electron chi connectivity index (χ4n) is 1.32. The Morgan fingerprint density at radius 3 is 2.40 bits per heavy atom. The average molecular weight is 137 g/mol. The van der Waals surface area contributed by atoms with Crippen LogP contribution in [0.2, 0.25) is 0 Å². The second-order valence-electron chi connectivity index (χ2n) is 3.70. The van der Waals surface area contributed by atoms with Gasteiger partial charge in [0.05, 0.1) is 0 Å². The highest BCUT2D eigenvalue weighted by Gasteiger charge is 2.23. The molecule has 0 saturated heterocycles. The molecule has 0 aromatic rings. The molecule has 0 fully saturated rings. The minimum Gasteiger partial charge on any atom is -0.402 e. The van der Waals surface area contributed by atoms with E-state index >= 15 is 0 Å². The smallest absolute Gasteiger partial charge is 0.0141 e. The molecule has 10 heavy (non-hydrogen) atoms. The van der Waals surface area contributed by atoms with Crippen LogP contribution >= 0.6 is 0 Å². The Bertz CT molecular complexity index is 197. The van der Waals surface area contributed by atoms with E-state index in [1.807, 2.05) is 6.08 Å². The molecule has 0 saturated carbocycles. The van der Waals surface area contributed by atoms with E-state index in [1.54, 1.807) is 0 Å². The van der Waals surface area contributed by atoms with Gasteiger partial charge in [0, 0.05) is 11.1 Å². The van der Waals surface area contributed by atoms with Gasteiger partial charge in [-0.1, -0.05) is 25.5 Å². The van der Waals surface area contributed by atoms with E-state index in [4.69, 9.17) is 5.73 Å². The molecule has 0 atom stereocenters. The highest BCUT2D eigenvalue weighted by Crippen LogP contribution is 2.33. The number of rotatable bonds is 0. The first-order valence-corrected chi connectivity index (χ1v) is 3.66. The highest BCUT2D eigenvalue weighted by molar-refractivity contribution is 5.26. The number of hydrogen-bond donors (Lipinski definition) is 1. The van der Waals surface area contributed by atoms with Gasteiger partial charge in [-0.3, -0.25) is 0 Å². The van der Waals surface area contributed by atoms with Crippen molar-refractivity contribution >= 4 is 0 Å². The highest BCUT2D eigenvalue weighted by atomic mass is 14.6. The van der Waals surface area contributed by atoms with Gasteiger partial charge < -0.3 is 5.73 Å². The molecular formula is C9H15N. The Kier molecular flexibility index (Phi) is 1.59. The minimum absolute atomic E-state index is 0.179. The van der Waals surface area contributed by atoms with E-state index in [0.29, 0.717) is 0 Å². The summed E-state index contributed by atoms with van der Waals surface area (Å²) in [7, 11) is 0. The first-order chi connectivity index (χ1) is 4.52. The molecule has 1 aliphatic rings. The quantitative estimate of drug-likeness (QED) is 0.544. The van der Waals surface area contributed by atoms with Crippen LogP contribution in [-0.2, 0) is 0 Å². The summed E-state index contributed by atoms with van der Waals surface area (Å²) in [6, 6.07) is 0. The predicted molar refractivity (Wildman–Crippen MR) is 44.4 cm³/mol. The lowest BCUT2D eigenvalue weighted by atomic mass is 9.80. The molecular weight excluding hydrogens is 122 g/mol. The molecule has 0 unspecified atom stereocenters. The van der Waals surface area contributed by atoms with Gasteiger partial charge in [-0.05, 0) is 19.4 Å². The van der Waals surface area contributed by atoms with Crippen molar-refractivity contribution in [2.75, 3.05) is 0 Å². The summed E-state index contributed by atoms with van der Waals surface area (Å²) in [5.74, 6) is 0. The summed E-state index contributed by atoms with van der Waals surface area (Å²) in [6.45, 7) is 6.50. The van der Waals surface area contributed by atoms with Crippen LogP contribution in [0.4, 0.5) is 0 Å². The lowest BCUT2D eigenvalue weighted by molar-refractivity contribution is 0.431. The predicted octanol–water partition coefficient (Wildman–Crippen LogP) is 2.21. The third-order valence-electron chi connectivity index (χ3n) is 2.05. The van der Waals surface area contributed by atoms with Gasteiger partial charge in [-0.15, -0.1) is 0 Å². The third-order valence-corrected chi connectivity index (χ3v) is 2.05. The van der Waals surface area contributed by atoms with Crippen molar-refractivity contribution in [1.29, 1.82) is 0 Å². The second-order valence-corrected chi connectivity index (χ2v) is 3.70. The molecule has 56 valence electrons. The zero-order valence-electron chi connectivity index (χ0n) is 6.94. The largest absolute Gasteiger partial charge is 0.402 e. The van der Waals surface area contributed by atoms with Crippen LogP contribution in [0.1, 0.15) is 27.2 Å². The SMILES string of the molecule is CC1=CC=C(N)C(C)(C)C1. The third kappa shape index (κ3) is 1.23. The van der Waals surface area contributed by atoms with Gasteiger partial charge in [-0.2, -0.15) is 0 Å². The molecule has 0 amide bonds. The van der Waals surface area contributed by atoms with Crippen molar-refractivity contribution < 1.29 is 0 Å². The average Bonchev–Trinajstić information content (AvgIpc) is 1.78. The first kappa shape index (κ1) is 7.39. The summed E-state index contributed by atoms with van der Waals surface area (Å²) in [5.41, 5.74) is 8.38. The van der Waals surface area contributed by atoms with E-state index in [0.717, 1.165) is 12.1 Å². The lowest BCUT2D eigenvalue weighted by Gasteiger charge is -2.28. The topological polar surface area (TPSA) is 26.0 Å². The van der Waals surface area contributed by atoms with E-state index in [-0.39, 0.29) is 5.41 Å². The van der Waals surface area contributed by atoms with Crippen molar-refractivity contribution in [2.45, 2.75) is 27.2 Å². The number of hydrogen-bond acceptors (Lipinski definition) is 1. The zero-order chi connectivity index (χ0) is 7.78. The maximum Gasteiger partial charge on any atom is 0.0141 e. The Hall–Kier alpha value is -0.720. The van der Waals surface area contributed by atoms with Crippen molar-refractivity contribution in [1.82, 2.24) is 0 Å². The van der Waals surface area contributed by atoms with Gasteiger partial charge in [0.25, 0.3) is 0 Å². The maximum absolute atomic E-state index is 5.79. The summed E-state index contributed by atoms with van der Waals surface area (Å²) in [6.07, 6.45) is 5.20. The molecule has 0 aliphatic heterocycles. The molecule has 2 N–H and O–H groups in total. The van der Waals surface area contributed by atoms with Crippen LogP contribution < -0.4 is 5.73 Å². The molecule has 1 heteroatoms. The van der Waals surface area contributed by atoms with E-state index in [1.165, 1.54) is 5.57 Å². The van der Waals surface area contributed by atoms with Crippen molar-refractivity contribution in [2.24, 2.45) is 11.1 Å². The fraction of sp³-hybridized carbons (Fsp3) is 0.556. The van der Waals surface area contributed by atoms with Crippen molar-refractivity contribution in [3.63, 3.8) is 0 Å². The number of allylic oxidation sites excluding steroid dienone is 4. The van der Waals surface area contributed by atoms with Crippen LogP contribution in [-0.4, -0.2) is 0 Å². The van der Waals surface area contributed by atoms with Crippen LogP contribution in [0.25, 0.3) is 0 Å². The summed E-state index contributed by atoms with van der Waals surface area (Å²) in [5, 5.41) is 0. The summed E-state index contributed by atoms with van der Waals surface area (Å²) >= 11 is 0. The molecule has 1 rings (SSSR count). The van der Waals surface area contributed by atoms with Gasteiger partial charge in [-0.25, -0.2) is 0 Å². The fourth-order valence-corrected chi connectivity index (χ4v) is 1.32. The van der Waals surface area contributed by atoms with Gasteiger partial charge in [0.1, 0.15) is 0 Å². The standard InChI is InChI=1S/C9H15N/c1-7-4-5-8(10)9(2,3)6-7/h4-5H,6,10H2,1-3H3. The van der Waals surface area contributed by atoms with Crippen molar-refractivity contribution in [3.05, 3.63) is 23.4 Å². The van der Waals surface area contributed by atoms with Crippen LogP contribution in [0.15, 0.2) is 23.4 Å². The molecule has 0 spiro atoms. The Morgan fingerprint density at radius 1 is 1.40 bits per heavy atom. The minimum atomic E-state index is 0.179. The zero-order valence-corrected chi connectivity index (χ0v) is 6.94.